The van der Waals surface area contributed by atoms with Crippen molar-refractivity contribution in [2.24, 2.45) is 0 Å². The summed E-state index contributed by atoms with van der Waals surface area (Å²) in [6.07, 6.45) is 1.85. The zero-order chi connectivity index (χ0) is 10.3. The van der Waals surface area contributed by atoms with E-state index in [1.54, 1.807) is 0 Å². The van der Waals surface area contributed by atoms with Gasteiger partial charge in [0.15, 0.2) is 0 Å². The molecule has 0 aliphatic heterocycles. The molecule has 1 heterocycles. The Balaban J connectivity index is 2.58. The van der Waals surface area contributed by atoms with E-state index in [0.29, 0.717) is 5.69 Å². The van der Waals surface area contributed by atoms with Crippen LogP contribution in [0.2, 0.25) is 5.15 Å². The number of hydrogen-bond donors (Lipinski definition) is 1. The van der Waals surface area contributed by atoms with Gasteiger partial charge in [0.05, 0.1) is 4.92 Å². The average molecular weight is 214 g/mol. The normalized spacial score (nSPS) is 15.5. The molecule has 1 saturated carbocycles. The lowest BCUT2D eigenvalue weighted by atomic mass is 10.2. The van der Waals surface area contributed by atoms with E-state index in [9.17, 15) is 10.1 Å². The first-order valence-electron chi connectivity index (χ1n) is 4.20. The molecule has 0 radical (unpaired) electrons. The number of halogens is 1. The molecule has 0 amide bonds. The van der Waals surface area contributed by atoms with Crippen molar-refractivity contribution in [2.45, 2.75) is 18.8 Å². The maximum Gasteiger partial charge on any atom is 0.313 e. The Kier molecular flexibility index (Phi) is 2.03. The Morgan fingerprint density at radius 2 is 2.29 bits per heavy atom. The standard InChI is InChI=1S/C8H8ClN3O2/c9-6-3-5(10)8(12(13)14)7(11-6)4-1-2-4/h3-4H,1-2H2,(H2,10,11). The topological polar surface area (TPSA) is 82.0 Å². The minimum absolute atomic E-state index is 0.0862. The van der Waals surface area contributed by atoms with Crippen molar-refractivity contribution < 1.29 is 4.92 Å². The number of hydrogen-bond acceptors (Lipinski definition) is 4. The van der Waals surface area contributed by atoms with Crippen molar-refractivity contribution in [2.75, 3.05) is 5.73 Å². The second-order valence-electron chi connectivity index (χ2n) is 3.30. The lowest BCUT2D eigenvalue weighted by molar-refractivity contribution is -0.385. The molecule has 6 heteroatoms. The molecule has 0 aromatic carbocycles. The monoisotopic (exact) mass is 213 g/mol. The van der Waals surface area contributed by atoms with Gasteiger partial charge in [-0.3, -0.25) is 10.1 Å². The number of nitro groups is 1. The zero-order valence-corrected chi connectivity index (χ0v) is 7.99. The SMILES string of the molecule is Nc1cc(Cl)nc(C2CC2)c1[N+](=O)[O-]. The van der Waals surface area contributed by atoms with Gasteiger partial charge in [-0.1, -0.05) is 11.6 Å². The summed E-state index contributed by atoms with van der Waals surface area (Å²) in [5.74, 6) is 0.163. The van der Waals surface area contributed by atoms with Crippen LogP contribution in [0.1, 0.15) is 24.5 Å². The highest BCUT2D eigenvalue weighted by molar-refractivity contribution is 6.29. The number of nitrogens with two attached hydrogens (primary N) is 1. The summed E-state index contributed by atoms with van der Waals surface area (Å²) in [5, 5.41) is 10.9. The molecule has 2 N–H and O–H groups in total. The number of rotatable bonds is 2. The van der Waals surface area contributed by atoms with Crippen LogP contribution < -0.4 is 5.73 Å². The summed E-state index contributed by atoms with van der Waals surface area (Å²) in [6.45, 7) is 0. The summed E-state index contributed by atoms with van der Waals surface area (Å²) in [5.41, 5.74) is 5.96. The van der Waals surface area contributed by atoms with E-state index in [0.717, 1.165) is 12.8 Å². The van der Waals surface area contributed by atoms with Crippen LogP contribution in [0.4, 0.5) is 11.4 Å². The van der Waals surface area contributed by atoms with Crippen LogP contribution in [0.15, 0.2) is 6.07 Å². The van der Waals surface area contributed by atoms with Crippen molar-refractivity contribution in [3.8, 4) is 0 Å². The van der Waals surface area contributed by atoms with Crippen LogP contribution in [0.3, 0.4) is 0 Å². The first-order valence-corrected chi connectivity index (χ1v) is 4.57. The van der Waals surface area contributed by atoms with Crippen LogP contribution in [0.25, 0.3) is 0 Å². The minimum Gasteiger partial charge on any atom is -0.393 e. The molecule has 1 aliphatic rings. The number of nitrogen functional groups attached to an aromatic ring is 1. The van der Waals surface area contributed by atoms with E-state index < -0.39 is 4.92 Å². The molecule has 0 saturated heterocycles. The van der Waals surface area contributed by atoms with E-state index in [-0.39, 0.29) is 22.4 Å². The van der Waals surface area contributed by atoms with Crippen LogP contribution in [-0.4, -0.2) is 9.91 Å². The van der Waals surface area contributed by atoms with Crippen LogP contribution in [-0.2, 0) is 0 Å². The number of aromatic nitrogens is 1. The molecule has 0 atom stereocenters. The zero-order valence-electron chi connectivity index (χ0n) is 7.24. The Bertz CT molecular complexity index is 404. The van der Waals surface area contributed by atoms with Gasteiger partial charge in [0, 0.05) is 12.0 Å². The predicted molar refractivity (Wildman–Crippen MR) is 52.3 cm³/mol. The van der Waals surface area contributed by atoms with Crippen molar-refractivity contribution in [3.63, 3.8) is 0 Å². The maximum atomic E-state index is 10.7. The van der Waals surface area contributed by atoms with Gasteiger partial charge in [-0.25, -0.2) is 4.98 Å². The predicted octanol–water partition coefficient (Wildman–Crippen LogP) is 2.10. The minimum atomic E-state index is -0.494. The Hall–Kier alpha value is -1.36. The van der Waals surface area contributed by atoms with E-state index in [1.165, 1.54) is 6.07 Å². The quantitative estimate of drug-likeness (QED) is 0.463. The lowest BCUT2D eigenvalue weighted by Gasteiger charge is -2.03. The highest BCUT2D eigenvalue weighted by atomic mass is 35.5. The summed E-state index contributed by atoms with van der Waals surface area (Å²) >= 11 is 5.68. The second kappa shape index (κ2) is 3.09. The first kappa shape index (κ1) is 9.21. The molecule has 74 valence electrons. The van der Waals surface area contributed by atoms with Gasteiger partial charge in [-0.2, -0.15) is 0 Å². The number of nitrogens with zero attached hydrogens (tertiary/aromatic N) is 2. The average Bonchev–Trinajstić information content (AvgIpc) is 2.82. The molecule has 1 aliphatic carbocycles. The van der Waals surface area contributed by atoms with Crippen molar-refractivity contribution in [1.82, 2.24) is 4.98 Å². The second-order valence-corrected chi connectivity index (χ2v) is 3.69. The van der Waals surface area contributed by atoms with Gasteiger partial charge in [-0.05, 0) is 12.8 Å². The molecule has 2 rings (SSSR count). The smallest absolute Gasteiger partial charge is 0.313 e. The Morgan fingerprint density at radius 1 is 1.64 bits per heavy atom. The third-order valence-electron chi connectivity index (χ3n) is 2.16. The number of anilines is 1. The molecule has 14 heavy (non-hydrogen) atoms. The molecule has 5 nitrogen and oxygen atoms in total. The van der Waals surface area contributed by atoms with Crippen LogP contribution in [0, 0.1) is 10.1 Å². The fraction of sp³-hybridized carbons (Fsp3) is 0.375. The maximum absolute atomic E-state index is 10.7. The van der Waals surface area contributed by atoms with E-state index >= 15 is 0 Å². The van der Waals surface area contributed by atoms with Gasteiger partial charge >= 0.3 is 5.69 Å². The Labute approximate surface area is 85.0 Å². The molecule has 0 bridgehead atoms. The molecule has 1 fully saturated rings. The van der Waals surface area contributed by atoms with Gasteiger partial charge in [0.25, 0.3) is 0 Å². The van der Waals surface area contributed by atoms with Crippen LogP contribution >= 0.6 is 11.6 Å². The van der Waals surface area contributed by atoms with Gasteiger partial charge < -0.3 is 5.73 Å². The summed E-state index contributed by atoms with van der Waals surface area (Å²) in [7, 11) is 0. The first-order chi connectivity index (χ1) is 6.59. The largest absolute Gasteiger partial charge is 0.393 e. The third-order valence-corrected chi connectivity index (χ3v) is 2.36. The van der Waals surface area contributed by atoms with Gasteiger partial charge in [-0.15, -0.1) is 0 Å². The Morgan fingerprint density at radius 3 is 2.79 bits per heavy atom. The summed E-state index contributed by atoms with van der Waals surface area (Å²) in [4.78, 5) is 14.2. The molecule has 0 unspecified atom stereocenters. The van der Waals surface area contributed by atoms with Crippen molar-refractivity contribution in [3.05, 3.63) is 27.0 Å². The third kappa shape index (κ3) is 1.50. The van der Waals surface area contributed by atoms with Crippen molar-refractivity contribution >= 4 is 23.0 Å². The van der Waals surface area contributed by atoms with Gasteiger partial charge in [0.1, 0.15) is 16.5 Å². The summed E-state index contributed by atoms with van der Waals surface area (Å²) < 4.78 is 0. The fourth-order valence-corrected chi connectivity index (χ4v) is 1.59. The molecule has 1 aromatic heterocycles. The molecular formula is C8H8ClN3O2. The number of pyridine rings is 1. The van der Waals surface area contributed by atoms with E-state index in [1.807, 2.05) is 0 Å². The highest BCUT2D eigenvalue weighted by Crippen LogP contribution is 2.45. The fourth-order valence-electron chi connectivity index (χ4n) is 1.39. The van der Waals surface area contributed by atoms with E-state index in [2.05, 4.69) is 4.98 Å². The van der Waals surface area contributed by atoms with Gasteiger partial charge in [0.2, 0.25) is 0 Å². The molecule has 0 spiro atoms. The van der Waals surface area contributed by atoms with Crippen molar-refractivity contribution in [1.29, 1.82) is 0 Å². The molecule has 1 aromatic rings. The molecular weight excluding hydrogens is 206 g/mol. The van der Waals surface area contributed by atoms with E-state index in [4.69, 9.17) is 17.3 Å². The lowest BCUT2D eigenvalue weighted by Crippen LogP contribution is -2.02. The van der Waals surface area contributed by atoms with Crippen LogP contribution in [0.5, 0.6) is 0 Å². The summed E-state index contributed by atoms with van der Waals surface area (Å²) in [6, 6.07) is 1.31. The highest BCUT2D eigenvalue weighted by Gasteiger charge is 2.34.